The smallest absolute Gasteiger partial charge is 0.459 e. The van der Waals surface area contributed by atoms with E-state index in [0.717, 1.165) is 6.07 Å². The number of alkyl halides is 2. The lowest BCUT2D eigenvalue weighted by atomic mass is 10.3. The molecule has 104 valence electrons. The van der Waals surface area contributed by atoms with Gasteiger partial charge in [-0.05, 0) is 28.9 Å². The fraction of sp³-hybridized carbons (Fsp3) is 0.300. The molecule has 1 aromatic rings. The molecule has 0 aliphatic heterocycles. The quantitative estimate of drug-likeness (QED) is 0.468. The normalized spacial score (nSPS) is 10.9. The van der Waals surface area contributed by atoms with Crippen LogP contribution in [0.2, 0.25) is 0 Å². The molecule has 0 bridgehead atoms. The lowest BCUT2D eigenvalue weighted by molar-refractivity contribution is -0.387. The molecule has 0 radical (unpaired) electrons. The van der Waals surface area contributed by atoms with E-state index in [-0.39, 0.29) is 11.1 Å². The van der Waals surface area contributed by atoms with E-state index >= 15 is 0 Å². The van der Waals surface area contributed by atoms with Crippen LogP contribution in [0.15, 0.2) is 22.7 Å². The van der Waals surface area contributed by atoms with Gasteiger partial charge in [0.15, 0.2) is 0 Å². The molecule has 0 fully saturated rings. The summed E-state index contributed by atoms with van der Waals surface area (Å²) in [5.74, 6) is -2.66. The van der Waals surface area contributed by atoms with Gasteiger partial charge in [-0.15, -0.1) is 0 Å². The van der Waals surface area contributed by atoms with Gasteiger partial charge in [0.2, 0.25) is 5.75 Å². The molecule has 0 heterocycles. The molecule has 0 atom stereocenters. The van der Waals surface area contributed by atoms with E-state index in [2.05, 4.69) is 25.4 Å². The molecule has 19 heavy (non-hydrogen) atoms. The monoisotopic (exact) mass is 339 g/mol. The Morgan fingerprint density at radius 2 is 2.16 bits per heavy atom. The van der Waals surface area contributed by atoms with E-state index in [4.69, 9.17) is 0 Å². The minimum Gasteiger partial charge on any atom is -0.459 e. The number of carbonyl (C=O) groups is 1. The van der Waals surface area contributed by atoms with E-state index in [1.54, 1.807) is 0 Å². The van der Waals surface area contributed by atoms with E-state index in [1.807, 2.05) is 0 Å². The lowest BCUT2D eigenvalue weighted by Gasteiger charge is -2.16. The van der Waals surface area contributed by atoms with E-state index in [0.29, 0.717) is 0 Å². The number of halogens is 3. The number of hydrogen-bond donors (Lipinski definition) is 0. The Hall–Kier alpha value is -1.77. The highest BCUT2D eigenvalue weighted by Gasteiger charge is 2.46. The first-order valence-corrected chi connectivity index (χ1v) is 5.75. The third kappa shape index (κ3) is 3.60. The Labute approximate surface area is 114 Å². The number of nitrogens with zero attached hydrogens (tertiary/aromatic N) is 1. The van der Waals surface area contributed by atoms with Crippen molar-refractivity contribution in [3.8, 4) is 5.75 Å². The second-order valence-corrected chi connectivity index (χ2v) is 4.04. The minimum atomic E-state index is -4.31. The lowest BCUT2D eigenvalue weighted by Crippen LogP contribution is -2.37. The average Bonchev–Trinajstić information content (AvgIpc) is 2.31. The SMILES string of the molecule is CCOC(=O)C(F)(F)Oc1c(Br)cccc1[N+](=O)[O-]. The van der Waals surface area contributed by atoms with Crippen LogP contribution in [0.5, 0.6) is 5.75 Å². The Morgan fingerprint density at radius 1 is 1.53 bits per heavy atom. The van der Waals surface area contributed by atoms with Crippen LogP contribution in [0.1, 0.15) is 6.92 Å². The molecule has 1 rings (SSSR count). The number of carbonyl (C=O) groups excluding carboxylic acids is 1. The summed E-state index contributed by atoms with van der Waals surface area (Å²) in [6.45, 7) is 1.07. The molecule has 0 spiro atoms. The molecule has 9 heteroatoms. The van der Waals surface area contributed by atoms with Crippen LogP contribution in [-0.4, -0.2) is 23.6 Å². The van der Waals surface area contributed by atoms with E-state index < -0.39 is 28.4 Å². The van der Waals surface area contributed by atoms with Crippen LogP contribution in [0.3, 0.4) is 0 Å². The number of nitro benzene ring substituents is 1. The van der Waals surface area contributed by atoms with Crippen LogP contribution in [0, 0.1) is 10.1 Å². The van der Waals surface area contributed by atoms with Gasteiger partial charge in [-0.3, -0.25) is 10.1 Å². The summed E-state index contributed by atoms with van der Waals surface area (Å²) < 4.78 is 34.9. The second kappa shape index (κ2) is 5.91. The summed E-state index contributed by atoms with van der Waals surface area (Å²) >= 11 is 2.84. The molecular weight excluding hydrogens is 332 g/mol. The van der Waals surface area contributed by atoms with Gasteiger partial charge in [0.25, 0.3) is 0 Å². The zero-order chi connectivity index (χ0) is 14.6. The van der Waals surface area contributed by atoms with Crippen molar-refractivity contribution in [3.63, 3.8) is 0 Å². The Bertz CT molecular complexity index is 509. The Kier molecular flexibility index (Phi) is 4.76. The summed E-state index contributed by atoms with van der Waals surface area (Å²) in [5, 5.41) is 10.7. The molecule has 0 saturated heterocycles. The molecule has 0 aliphatic rings. The van der Waals surface area contributed by atoms with E-state index in [1.165, 1.54) is 19.1 Å². The minimum absolute atomic E-state index is 0.0781. The number of ether oxygens (including phenoxy) is 2. The predicted molar refractivity (Wildman–Crippen MR) is 63.0 cm³/mol. The maximum absolute atomic E-state index is 13.4. The highest BCUT2D eigenvalue weighted by atomic mass is 79.9. The van der Waals surface area contributed by atoms with Gasteiger partial charge in [0.05, 0.1) is 16.0 Å². The molecule has 6 nitrogen and oxygen atoms in total. The molecule has 0 amide bonds. The molecule has 0 saturated carbocycles. The Morgan fingerprint density at radius 3 is 2.68 bits per heavy atom. The average molecular weight is 340 g/mol. The zero-order valence-electron chi connectivity index (χ0n) is 9.56. The van der Waals surface area contributed by atoms with E-state index in [9.17, 15) is 23.7 Å². The summed E-state index contributed by atoms with van der Waals surface area (Å²) in [5.41, 5.74) is -0.696. The molecule has 1 aromatic carbocycles. The predicted octanol–water partition coefficient (Wildman–Crippen LogP) is 2.89. The highest BCUT2D eigenvalue weighted by Crippen LogP contribution is 2.38. The van der Waals surface area contributed by atoms with Crippen molar-refractivity contribution >= 4 is 27.6 Å². The van der Waals surface area contributed by atoms with Crippen molar-refractivity contribution in [2.75, 3.05) is 6.61 Å². The number of hydrogen-bond acceptors (Lipinski definition) is 5. The fourth-order valence-electron chi connectivity index (χ4n) is 1.13. The van der Waals surface area contributed by atoms with Gasteiger partial charge in [-0.25, -0.2) is 4.79 Å². The van der Waals surface area contributed by atoms with Crippen molar-refractivity contribution in [2.45, 2.75) is 13.0 Å². The largest absolute Gasteiger partial charge is 0.502 e. The van der Waals surface area contributed by atoms with Gasteiger partial charge < -0.3 is 9.47 Å². The third-order valence-electron chi connectivity index (χ3n) is 1.89. The van der Waals surface area contributed by atoms with Gasteiger partial charge in [0, 0.05) is 6.07 Å². The van der Waals surface area contributed by atoms with Gasteiger partial charge in [0.1, 0.15) is 0 Å². The first kappa shape index (κ1) is 15.3. The fourth-order valence-corrected chi connectivity index (χ4v) is 1.56. The van der Waals surface area contributed by atoms with Crippen molar-refractivity contribution < 1.29 is 28.0 Å². The van der Waals surface area contributed by atoms with Crippen LogP contribution >= 0.6 is 15.9 Å². The first-order valence-electron chi connectivity index (χ1n) is 4.96. The number of rotatable bonds is 5. The topological polar surface area (TPSA) is 78.7 Å². The number of esters is 1. The second-order valence-electron chi connectivity index (χ2n) is 3.18. The summed E-state index contributed by atoms with van der Waals surface area (Å²) in [6.07, 6.45) is -4.31. The van der Waals surface area contributed by atoms with Gasteiger partial charge in [-0.1, -0.05) is 6.07 Å². The molecule has 0 aliphatic carbocycles. The molecule has 0 N–H and O–H groups in total. The maximum atomic E-state index is 13.4. The van der Waals surface area contributed by atoms with Crippen molar-refractivity contribution in [1.29, 1.82) is 0 Å². The summed E-state index contributed by atoms with van der Waals surface area (Å²) in [7, 11) is 0. The summed E-state index contributed by atoms with van der Waals surface area (Å²) in [6, 6.07) is 3.52. The third-order valence-corrected chi connectivity index (χ3v) is 2.51. The maximum Gasteiger partial charge on any atom is 0.502 e. The first-order chi connectivity index (χ1) is 8.79. The molecule has 0 aromatic heterocycles. The zero-order valence-corrected chi connectivity index (χ0v) is 11.1. The Balaban J connectivity index is 3.11. The van der Waals surface area contributed by atoms with Gasteiger partial charge in [-0.2, -0.15) is 8.78 Å². The van der Waals surface area contributed by atoms with Crippen molar-refractivity contribution in [3.05, 3.63) is 32.8 Å². The molecule has 0 unspecified atom stereocenters. The standard InChI is InChI=1S/C10H8BrF2NO5/c1-2-18-9(15)10(12,13)19-8-6(11)4-3-5-7(8)14(16)17/h3-5H,2H2,1H3. The van der Waals surface area contributed by atoms with Crippen LogP contribution in [0.4, 0.5) is 14.5 Å². The number of benzene rings is 1. The van der Waals surface area contributed by atoms with Crippen molar-refractivity contribution in [1.82, 2.24) is 0 Å². The van der Waals surface area contributed by atoms with Gasteiger partial charge >= 0.3 is 17.8 Å². The van der Waals surface area contributed by atoms with Crippen LogP contribution in [-0.2, 0) is 9.53 Å². The highest BCUT2D eigenvalue weighted by molar-refractivity contribution is 9.10. The van der Waals surface area contributed by atoms with Crippen LogP contribution in [0.25, 0.3) is 0 Å². The summed E-state index contributed by atoms with van der Waals surface area (Å²) in [4.78, 5) is 20.8. The molecular formula is C10H8BrF2NO5. The number of para-hydroxylation sites is 1. The van der Waals surface area contributed by atoms with Crippen LogP contribution < -0.4 is 4.74 Å². The van der Waals surface area contributed by atoms with Crippen molar-refractivity contribution in [2.24, 2.45) is 0 Å². The number of nitro groups is 1.